The molecule has 0 amide bonds. The molecule has 5 N–H and O–H groups in total. The average molecular weight is 287 g/mol. The summed E-state index contributed by atoms with van der Waals surface area (Å²) in [6.45, 7) is 0. The van der Waals surface area contributed by atoms with Gasteiger partial charge < -0.3 is 0 Å². The molecule has 0 aromatic heterocycles. The molecule has 0 fully saturated rings. The van der Waals surface area contributed by atoms with Gasteiger partial charge >= 0.3 is 68.8 Å². The minimum absolute atomic E-state index is 0. The maximum absolute atomic E-state index is 7.39. The zero-order valence-corrected chi connectivity index (χ0v) is 7.05. The van der Waals surface area contributed by atoms with Crippen LogP contribution in [0.25, 0.3) is 0 Å². The third kappa shape index (κ3) is 155. The van der Waals surface area contributed by atoms with E-state index < -0.39 is 14.2 Å². The third-order valence-corrected chi connectivity index (χ3v) is 0. The van der Waals surface area contributed by atoms with Gasteiger partial charge in [0.2, 0.25) is 0 Å². The van der Waals surface area contributed by atoms with Crippen LogP contribution in [0.15, 0.2) is 0 Å². The Morgan fingerprint density at radius 2 is 0.625 bits per heavy atom. The summed E-state index contributed by atoms with van der Waals surface area (Å²) in [5.41, 5.74) is 0. The van der Waals surface area contributed by atoms with Gasteiger partial charge in [-0.2, -0.15) is 0 Å². The summed E-state index contributed by atoms with van der Waals surface area (Å²) in [6, 6.07) is 0. The van der Waals surface area contributed by atoms with E-state index >= 15 is 0 Å². The van der Waals surface area contributed by atoms with Crippen LogP contribution in [0.5, 0.6) is 0 Å². The van der Waals surface area contributed by atoms with E-state index in [-0.39, 0.29) is 34.1 Å². The normalized spacial score (nSPS) is 14.4. The van der Waals surface area contributed by atoms with Crippen molar-refractivity contribution in [1.82, 2.24) is 0 Å². The molecule has 0 bridgehead atoms. The van der Waals surface area contributed by atoms with Crippen molar-refractivity contribution in [3.8, 4) is 0 Å². The maximum Gasteiger partial charge on any atom is 2.00 e. The predicted octanol–water partition coefficient (Wildman–Crippen LogP) is -3.17. The van der Waals surface area contributed by atoms with Gasteiger partial charge in [-0.05, 0) is 0 Å². The first-order valence-electron chi connectivity index (χ1n) is 1.000. The second kappa shape index (κ2) is 3.54. The Morgan fingerprint density at radius 3 is 0.625 bits per heavy atom. The van der Waals surface area contributed by atoms with Gasteiger partial charge in [-0.1, -0.05) is 0 Å². The topological polar surface area (TPSA) is 101 Å². The van der Waals surface area contributed by atoms with Gasteiger partial charge in [0, 0.05) is 0 Å². The number of hydrogen-bond acceptors (Lipinski definition) is 5. The Morgan fingerprint density at radius 1 is 0.625 bits per heavy atom. The molecule has 0 aliphatic heterocycles. The zero-order valence-electron chi connectivity index (χ0n) is 3.29. The fourth-order valence-electron chi connectivity index (χ4n) is 0. The molecule has 0 aromatic rings. The fourth-order valence-corrected chi connectivity index (χ4v) is 0. The van der Waals surface area contributed by atoms with Crippen LogP contribution in [-0.4, -0.2) is 34.6 Å². The van der Waals surface area contributed by atoms with Gasteiger partial charge in [0.1, 0.15) is 0 Å². The molecule has 0 aromatic carbocycles. The fraction of sp³-hybridized carbons (Fsp3) is 0. The first-order valence-corrected chi connectivity index (χ1v) is 5.20. The molecule has 0 unspecified atom stereocenters. The van der Waals surface area contributed by atoms with Crippen LogP contribution in [0.1, 0.15) is 0 Å². The van der Waals surface area contributed by atoms with E-state index in [9.17, 15) is 0 Å². The first kappa shape index (κ1) is 16.2. The molecule has 0 saturated heterocycles. The minimum atomic E-state index is -6.49. The molecule has 8 heteroatoms. The van der Waals surface area contributed by atoms with Gasteiger partial charge in [-0.15, -0.1) is 0 Å². The van der Waals surface area contributed by atoms with E-state index in [4.69, 9.17) is 20.5 Å². The minimum Gasteiger partial charge on any atom is 2.00 e. The van der Waals surface area contributed by atoms with Crippen LogP contribution >= 0.6 is 0 Å². The molecule has 0 aliphatic rings. The SMILES string of the molecule is O[As](O)(O)(O)O.[Cu+2].[Cu+2]. The molecule has 8 heavy (non-hydrogen) atoms. The van der Waals surface area contributed by atoms with Gasteiger partial charge in [-0.3, -0.25) is 0 Å². The molecule has 2 radical (unpaired) electrons. The summed E-state index contributed by atoms with van der Waals surface area (Å²) in [4.78, 5) is 0. The van der Waals surface area contributed by atoms with Crippen LogP contribution in [0.3, 0.4) is 0 Å². The van der Waals surface area contributed by atoms with E-state index in [1.165, 1.54) is 0 Å². The van der Waals surface area contributed by atoms with Crippen molar-refractivity contribution in [2.24, 2.45) is 0 Å². The van der Waals surface area contributed by atoms with Crippen molar-refractivity contribution in [3.05, 3.63) is 0 Å². The molecule has 0 heterocycles. The molecule has 5 nitrogen and oxygen atoms in total. The van der Waals surface area contributed by atoms with E-state index in [2.05, 4.69) is 0 Å². The van der Waals surface area contributed by atoms with Crippen LogP contribution in [0.2, 0.25) is 0 Å². The van der Waals surface area contributed by atoms with Crippen molar-refractivity contribution in [3.63, 3.8) is 0 Å². The van der Waals surface area contributed by atoms with Gasteiger partial charge in [0.05, 0.1) is 0 Å². The van der Waals surface area contributed by atoms with E-state index in [0.29, 0.717) is 0 Å². The Labute approximate surface area is 68.7 Å². The Hall–Kier alpha value is 1.40. The Balaban J connectivity index is -0.000000125. The Kier molecular flexibility index (Phi) is 7.16. The quantitative estimate of drug-likeness (QED) is 0.303. The molecular weight excluding hydrogens is 282 g/mol. The van der Waals surface area contributed by atoms with Crippen LogP contribution in [-0.2, 0) is 34.1 Å². The van der Waals surface area contributed by atoms with Crippen LogP contribution in [0.4, 0.5) is 0 Å². The van der Waals surface area contributed by atoms with Crippen LogP contribution in [0, 0.1) is 0 Å². The zero-order chi connectivity index (χ0) is 5.45. The van der Waals surface area contributed by atoms with Crippen molar-refractivity contribution in [1.29, 1.82) is 0 Å². The van der Waals surface area contributed by atoms with Gasteiger partial charge in [-0.25, -0.2) is 0 Å². The van der Waals surface area contributed by atoms with E-state index in [1.54, 1.807) is 0 Å². The molecule has 0 saturated carbocycles. The summed E-state index contributed by atoms with van der Waals surface area (Å²) in [5.74, 6) is 0. The number of rotatable bonds is 0. The van der Waals surface area contributed by atoms with Gasteiger partial charge in [0.15, 0.2) is 0 Å². The first-order chi connectivity index (χ1) is 2.24. The standard InChI is InChI=1S/AsH5O5.2Cu/c2-1(3,4,5)6;;/h2-6H;;/q;2*+2. The summed E-state index contributed by atoms with van der Waals surface area (Å²) in [6.07, 6.45) is 0. The van der Waals surface area contributed by atoms with Crippen LogP contribution < -0.4 is 0 Å². The molecule has 58 valence electrons. The summed E-state index contributed by atoms with van der Waals surface area (Å²) >= 11 is -6.49. The summed E-state index contributed by atoms with van der Waals surface area (Å²) in [5, 5.41) is 0. The molecule has 0 atom stereocenters. The Bertz CT molecular complexity index is 43.6. The average Bonchev–Trinajstić information content (AvgIpc) is 0.650. The number of hydrogen-bond donors (Lipinski definition) is 5. The predicted molar refractivity (Wildman–Crippen MR) is 16.8 cm³/mol. The van der Waals surface area contributed by atoms with Crippen molar-refractivity contribution < 1.29 is 54.6 Å². The molecule has 0 spiro atoms. The largest absolute Gasteiger partial charge is 2.00 e. The smallest absolute Gasteiger partial charge is 2.00 e. The van der Waals surface area contributed by atoms with E-state index in [0.717, 1.165) is 0 Å². The molecular formula is H5AsCu2O5+4. The molecule has 0 aliphatic carbocycles. The van der Waals surface area contributed by atoms with E-state index in [1.807, 2.05) is 0 Å². The second-order valence-electron chi connectivity index (χ2n) is 0.894. The maximum atomic E-state index is 7.39. The van der Waals surface area contributed by atoms with Crippen molar-refractivity contribution in [2.75, 3.05) is 0 Å². The monoisotopic (exact) mass is 286 g/mol. The van der Waals surface area contributed by atoms with Crippen molar-refractivity contribution >= 4 is 14.2 Å². The summed E-state index contributed by atoms with van der Waals surface area (Å²) in [7, 11) is 0. The van der Waals surface area contributed by atoms with Crippen molar-refractivity contribution in [2.45, 2.75) is 0 Å². The molecule has 0 rings (SSSR count). The van der Waals surface area contributed by atoms with Gasteiger partial charge in [0.25, 0.3) is 0 Å². The third-order valence-electron chi connectivity index (χ3n) is 0. The summed E-state index contributed by atoms with van der Waals surface area (Å²) < 4.78 is 36.9. The second-order valence-corrected chi connectivity index (χ2v) is 4.65.